The van der Waals surface area contributed by atoms with E-state index in [-0.39, 0.29) is 0 Å². The molecular formula is C36H30N2. The zero-order chi connectivity index (χ0) is 25.9. The summed E-state index contributed by atoms with van der Waals surface area (Å²) in [6, 6.07) is 47.5. The van der Waals surface area contributed by atoms with Gasteiger partial charge in [-0.15, -0.1) is 0 Å². The Hall–Kier alpha value is -4.82. The number of hydrogen-bond donors (Lipinski definition) is 2. The molecule has 0 aliphatic rings. The molecule has 0 aliphatic heterocycles. The summed E-state index contributed by atoms with van der Waals surface area (Å²) in [5.41, 5.74) is 11.6. The van der Waals surface area contributed by atoms with Crippen LogP contribution in [0.5, 0.6) is 0 Å². The van der Waals surface area contributed by atoms with Crippen molar-refractivity contribution in [2.45, 2.75) is 13.8 Å². The molecule has 0 aromatic heterocycles. The first-order valence-electron chi connectivity index (χ1n) is 13.0. The fourth-order valence-electron chi connectivity index (χ4n) is 4.90. The fourth-order valence-corrected chi connectivity index (χ4v) is 4.90. The molecule has 0 unspecified atom stereocenters. The molecule has 0 saturated heterocycles. The van der Waals surface area contributed by atoms with Crippen molar-refractivity contribution in [2.75, 3.05) is 10.6 Å². The van der Waals surface area contributed by atoms with Gasteiger partial charge in [-0.2, -0.15) is 0 Å². The van der Waals surface area contributed by atoms with Crippen molar-refractivity contribution in [3.05, 3.63) is 145 Å². The third kappa shape index (κ3) is 5.02. The average Bonchev–Trinajstić information content (AvgIpc) is 2.96. The summed E-state index contributed by atoms with van der Waals surface area (Å²) in [6.07, 6.45) is 0. The van der Waals surface area contributed by atoms with Crippen molar-refractivity contribution in [2.24, 2.45) is 0 Å². The molecule has 0 fully saturated rings. The van der Waals surface area contributed by atoms with E-state index in [9.17, 15) is 0 Å². The number of rotatable bonds is 6. The largest absolute Gasteiger partial charge is 0.356 e. The molecule has 0 atom stereocenters. The van der Waals surface area contributed by atoms with E-state index in [2.05, 4.69) is 158 Å². The Kier molecular flexibility index (Phi) is 6.37. The highest BCUT2D eigenvalue weighted by molar-refractivity contribution is 6.01. The van der Waals surface area contributed by atoms with Crippen LogP contribution in [0.4, 0.5) is 22.7 Å². The minimum Gasteiger partial charge on any atom is -0.356 e. The fraction of sp³-hybridized carbons (Fsp3) is 0.0556. The first-order valence-corrected chi connectivity index (χ1v) is 13.0. The molecule has 0 bridgehead atoms. The van der Waals surface area contributed by atoms with Crippen LogP contribution in [0.1, 0.15) is 11.1 Å². The zero-order valence-corrected chi connectivity index (χ0v) is 21.7. The highest BCUT2D eigenvalue weighted by atomic mass is 14.9. The normalized spacial score (nSPS) is 10.9. The van der Waals surface area contributed by atoms with E-state index in [0.717, 1.165) is 22.7 Å². The Labute approximate surface area is 224 Å². The maximum Gasteiger partial charge on any atom is 0.0390 e. The van der Waals surface area contributed by atoms with Gasteiger partial charge in [0.1, 0.15) is 0 Å². The topological polar surface area (TPSA) is 24.1 Å². The molecule has 0 heterocycles. The van der Waals surface area contributed by atoms with E-state index in [1.54, 1.807) is 0 Å². The van der Waals surface area contributed by atoms with Gasteiger partial charge in [0.2, 0.25) is 0 Å². The SMILES string of the molecule is Cc1ccc(Nc2ccc(-c3ccc(Nc4ccc(C)cc4)cc3-c3cccc4ccccc34)cc2)cc1. The van der Waals surface area contributed by atoms with Crippen molar-refractivity contribution < 1.29 is 0 Å². The zero-order valence-electron chi connectivity index (χ0n) is 21.7. The van der Waals surface area contributed by atoms with Gasteiger partial charge < -0.3 is 10.6 Å². The number of fused-ring (bicyclic) bond motifs is 1. The van der Waals surface area contributed by atoms with Crippen molar-refractivity contribution >= 4 is 33.5 Å². The molecule has 2 heteroatoms. The Morgan fingerprint density at radius 2 is 0.921 bits per heavy atom. The standard InChI is InChI=1S/C36H30N2/c1-25-10-16-29(17-11-25)37-31-20-14-28(15-21-31)34-23-22-32(38-30-18-12-26(2)13-19-30)24-36(34)35-9-5-7-27-6-3-4-8-33(27)35/h3-24,37-38H,1-2H3. The van der Waals surface area contributed by atoms with Gasteiger partial charge in [0.25, 0.3) is 0 Å². The maximum absolute atomic E-state index is 3.60. The number of hydrogen-bond acceptors (Lipinski definition) is 2. The third-order valence-corrected chi connectivity index (χ3v) is 6.98. The van der Waals surface area contributed by atoms with Crippen LogP contribution in [0.25, 0.3) is 33.0 Å². The lowest BCUT2D eigenvalue weighted by atomic mass is 9.91. The molecule has 0 spiro atoms. The van der Waals surface area contributed by atoms with Crippen molar-refractivity contribution in [3.63, 3.8) is 0 Å². The summed E-state index contributed by atoms with van der Waals surface area (Å²) in [6.45, 7) is 4.21. The number of aryl methyl sites for hydroxylation is 2. The Bertz CT molecular complexity index is 1690. The molecule has 0 aliphatic carbocycles. The second-order valence-electron chi connectivity index (χ2n) is 9.85. The average molecular weight is 491 g/mol. The van der Waals surface area contributed by atoms with Crippen LogP contribution in [-0.4, -0.2) is 0 Å². The van der Waals surface area contributed by atoms with Crippen LogP contribution in [0.3, 0.4) is 0 Å². The molecule has 6 aromatic carbocycles. The quantitative estimate of drug-likeness (QED) is 0.243. The lowest BCUT2D eigenvalue weighted by Crippen LogP contribution is -1.94. The van der Waals surface area contributed by atoms with Gasteiger partial charge in [-0.05, 0) is 95.4 Å². The van der Waals surface area contributed by atoms with E-state index in [0.29, 0.717) is 0 Å². The summed E-state index contributed by atoms with van der Waals surface area (Å²) in [4.78, 5) is 0. The van der Waals surface area contributed by atoms with Gasteiger partial charge >= 0.3 is 0 Å². The predicted octanol–water partition coefficient (Wildman–Crippen LogP) is 10.3. The third-order valence-electron chi connectivity index (χ3n) is 6.98. The van der Waals surface area contributed by atoms with Crippen LogP contribution >= 0.6 is 0 Å². The van der Waals surface area contributed by atoms with Gasteiger partial charge in [0, 0.05) is 22.7 Å². The van der Waals surface area contributed by atoms with Crippen molar-refractivity contribution in [1.82, 2.24) is 0 Å². The first kappa shape index (κ1) is 23.6. The second-order valence-corrected chi connectivity index (χ2v) is 9.85. The second kappa shape index (κ2) is 10.3. The molecule has 0 saturated carbocycles. The van der Waals surface area contributed by atoms with Gasteiger partial charge in [-0.25, -0.2) is 0 Å². The Morgan fingerprint density at radius 1 is 0.395 bits per heavy atom. The molecule has 6 aromatic rings. The summed E-state index contributed by atoms with van der Waals surface area (Å²) in [5, 5.41) is 9.60. The number of benzene rings is 6. The van der Waals surface area contributed by atoms with Crippen molar-refractivity contribution in [1.29, 1.82) is 0 Å². The van der Waals surface area contributed by atoms with E-state index in [1.165, 1.54) is 44.2 Å². The number of nitrogens with one attached hydrogen (secondary N) is 2. The maximum atomic E-state index is 3.60. The van der Waals surface area contributed by atoms with Gasteiger partial charge in [-0.3, -0.25) is 0 Å². The van der Waals surface area contributed by atoms with E-state index < -0.39 is 0 Å². The Balaban J connectivity index is 1.41. The molecule has 2 N–H and O–H groups in total. The summed E-state index contributed by atoms with van der Waals surface area (Å²) < 4.78 is 0. The highest BCUT2D eigenvalue weighted by Crippen LogP contribution is 2.39. The molecule has 0 amide bonds. The molecular weight excluding hydrogens is 460 g/mol. The minimum atomic E-state index is 1.07. The molecule has 184 valence electrons. The summed E-state index contributed by atoms with van der Waals surface area (Å²) in [7, 11) is 0. The minimum absolute atomic E-state index is 1.07. The summed E-state index contributed by atoms with van der Waals surface area (Å²) in [5.74, 6) is 0. The molecule has 2 nitrogen and oxygen atoms in total. The Morgan fingerprint density at radius 3 is 1.58 bits per heavy atom. The monoisotopic (exact) mass is 490 g/mol. The highest BCUT2D eigenvalue weighted by Gasteiger charge is 2.12. The molecule has 0 radical (unpaired) electrons. The van der Waals surface area contributed by atoms with Gasteiger partial charge in [-0.1, -0.05) is 96.1 Å². The van der Waals surface area contributed by atoms with Crippen LogP contribution in [-0.2, 0) is 0 Å². The molecule has 38 heavy (non-hydrogen) atoms. The summed E-state index contributed by atoms with van der Waals surface area (Å²) >= 11 is 0. The first-order chi connectivity index (χ1) is 18.6. The van der Waals surface area contributed by atoms with Crippen LogP contribution < -0.4 is 10.6 Å². The van der Waals surface area contributed by atoms with Gasteiger partial charge in [0.05, 0.1) is 0 Å². The van der Waals surface area contributed by atoms with Crippen molar-refractivity contribution in [3.8, 4) is 22.3 Å². The van der Waals surface area contributed by atoms with Crippen LogP contribution in [0, 0.1) is 13.8 Å². The van der Waals surface area contributed by atoms with Crippen LogP contribution in [0.15, 0.2) is 133 Å². The van der Waals surface area contributed by atoms with E-state index >= 15 is 0 Å². The lowest BCUT2D eigenvalue weighted by molar-refractivity contribution is 1.45. The number of anilines is 4. The predicted molar refractivity (Wildman–Crippen MR) is 164 cm³/mol. The lowest BCUT2D eigenvalue weighted by Gasteiger charge is -2.16. The van der Waals surface area contributed by atoms with E-state index in [1.807, 2.05) is 0 Å². The smallest absolute Gasteiger partial charge is 0.0390 e. The van der Waals surface area contributed by atoms with E-state index in [4.69, 9.17) is 0 Å². The molecule has 6 rings (SSSR count). The van der Waals surface area contributed by atoms with Gasteiger partial charge in [0.15, 0.2) is 0 Å². The van der Waals surface area contributed by atoms with Crippen LogP contribution in [0.2, 0.25) is 0 Å².